The van der Waals surface area contributed by atoms with Crippen LogP contribution >= 0.6 is 0 Å². The first-order chi connectivity index (χ1) is 6.95. The molecule has 0 heterocycles. The van der Waals surface area contributed by atoms with Gasteiger partial charge >= 0.3 is 0 Å². The molecule has 0 aromatic rings. The van der Waals surface area contributed by atoms with E-state index >= 15 is 0 Å². The minimum Gasteiger partial charge on any atom is -0.339 e. The first-order valence-corrected chi connectivity index (χ1v) is 6.05. The largest absolute Gasteiger partial charge is 0.339 e. The summed E-state index contributed by atoms with van der Waals surface area (Å²) >= 11 is 0. The Morgan fingerprint density at radius 1 is 1.53 bits per heavy atom. The zero-order valence-corrected chi connectivity index (χ0v) is 10.4. The Morgan fingerprint density at radius 3 is 2.40 bits per heavy atom. The molecular formula is C12H24N2O. The van der Waals surface area contributed by atoms with Gasteiger partial charge in [-0.1, -0.05) is 6.92 Å². The summed E-state index contributed by atoms with van der Waals surface area (Å²) in [7, 11) is 0. The van der Waals surface area contributed by atoms with Crippen molar-refractivity contribution < 1.29 is 4.79 Å². The number of hydrogen-bond donors (Lipinski definition) is 1. The molecule has 1 aliphatic rings. The number of rotatable bonds is 5. The highest BCUT2D eigenvalue weighted by Gasteiger charge is 2.46. The molecule has 0 bridgehead atoms. The Morgan fingerprint density at radius 2 is 2.07 bits per heavy atom. The van der Waals surface area contributed by atoms with Gasteiger partial charge in [-0.3, -0.25) is 4.79 Å². The molecule has 0 spiro atoms. The third-order valence-electron chi connectivity index (χ3n) is 3.61. The second-order valence-electron chi connectivity index (χ2n) is 4.91. The van der Waals surface area contributed by atoms with Crippen LogP contribution in [0.1, 0.15) is 47.0 Å². The second-order valence-corrected chi connectivity index (χ2v) is 4.91. The summed E-state index contributed by atoms with van der Waals surface area (Å²) < 4.78 is 0. The molecule has 1 fully saturated rings. The van der Waals surface area contributed by atoms with Gasteiger partial charge in [-0.05, 0) is 46.0 Å². The first kappa shape index (κ1) is 12.5. The number of carbonyl (C=O) groups is 1. The van der Waals surface area contributed by atoms with E-state index in [1.54, 1.807) is 0 Å². The minimum absolute atomic E-state index is 0.127. The third-order valence-corrected chi connectivity index (χ3v) is 3.61. The maximum atomic E-state index is 12.3. The van der Waals surface area contributed by atoms with Crippen LogP contribution < -0.4 is 5.73 Å². The Bertz CT molecular complexity index is 234. The number of nitrogens with two attached hydrogens (primary N) is 1. The van der Waals surface area contributed by atoms with Crippen molar-refractivity contribution in [3.8, 4) is 0 Å². The molecule has 3 nitrogen and oxygen atoms in total. The van der Waals surface area contributed by atoms with Crippen LogP contribution in [0.15, 0.2) is 0 Å². The Hall–Kier alpha value is -0.570. The van der Waals surface area contributed by atoms with Crippen LogP contribution in [-0.4, -0.2) is 28.9 Å². The summed E-state index contributed by atoms with van der Waals surface area (Å²) in [4.78, 5) is 14.2. The summed E-state index contributed by atoms with van der Waals surface area (Å²) in [6, 6.07) is 0.295. The van der Waals surface area contributed by atoms with Crippen LogP contribution in [0, 0.1) is 5.92 Å². The fourth-order valence-corrected chi connectivity index (χ4v) is 2.04. The van der Waals surface area contributed by atoms with Gasteiger partial charge in [-0.15, -0.1) is 0 Å². The van der Waals surface area contributed by atoms with Crippen LogP contribution in [0.5, 0.6) is 0 Å². The van der Waals surface area contributed by atoms with Gasteiger partial charge in [0.2, 0.25) is 5.91 Å². The molecule has 88 valence electrons. The van der Waals surface area contributed by atoms with E-state index in [4.69, 9.17) is 5.73 Å². The lowest BCUT2D eigenvalue weighted by atomic mass is 9.94. The maximum Gasteiger partial charge on any atom is 0.242 e. The Labute approximate surface area is 93.0 Å². The van der Waals surface area contributed by atoms with E-state index in [2.05, 4.69) is 13.8 Å². The van der Waals surface area contributed by atoms with Crippen molar-refractivity contribution in [2.24, 2.45) is 11.7 Å². The Kier molecular flexibility index (Phi) is 3.77. The highest BCUT2D eigenvalue weighted by molar-refractivity contribution is 5.86. The van der Waals surface area contributed by atoms with Crippen LogP contribution in [0.3, 0.4) is 0 Å². The van der Waals surface area contributed by atoms with E-state index in [1.165, 1.54) is 0 Å². The molecular weight excluding hydrogens is 188 g/mol. The standard InChI is InChI=1S/C12H24N2O/c1-5-9(3)14(6-2)11(15)12(4,13)10-7-8-10/h9-10H,5-8,13H2,1-4H3. The summed E-state index contributed by atoms with van der Waals surface area (Å²) in [6.45, 7) is 8.86. The molecule has 1 rings (SSSR count). The Balaban J connectivity index is 2.71. The van der Waals surface area contributed by atoms with E-state index in [0.29, 0.717) is 12.0 Å². The van der Waals surface area contributed by atoms with Crippen molar-refractivity contribution >= 4 is 5.91 Å². The molecule has 3 heteroatoms. The van der Waals surface area contributed by atoms with Gasteiger partial charge < -0.3 is 10.6 Å². The molecule has 0 aromatic carbocycles. The van der Waals surface area contributed by atoms with E-state index in [-0.39, 0.29) is 5.91 Å². The van der Waals surface area contributed by atoms with E-state index in [1.807, 2.05) is 18.7 Å². The normalized spacial score (nSPS) is 21.9. The summed E-state index contributed by atoms with van der Waals surface area (Å²) in [6.07, 6.45) is 3.20. The molecule has 0 saturated heterocycles. The van der Waals surface area contributed by atoms with Gasteiger partial charge in [0.25, 0.3) is 0 Å². The van der Waals surface area contributed by atoms with Crippen LogP contribution in [0.4, 0.5) is 0 Å². The summed E-state index contributed by atoms with van der Waals surface area (Å²) in [5.74, 6) is 0.532. The maximum absolute atomic E-state index is 12.3. The fourth-order valence-electron chi connectivity index (χ4n) is 2.04. The van der Waals surface area contributed by atoms with E-state index in [9.17, 15) is 4.79 Å². The molecule has 1 amide bonds. The first-order valence-electron chi connectivity index (χ1n) is 6.05. The van der Waals surface area contributed by atoms with Crippen molar-refractivity contribution in [1.82, 2.24) is 4.90 Å². The molecule has 0 radical (unpaired) electrons. The third kappa shape index (κ3) is 2.51. The van der Waals surface area contributed by atoms with Crippen molar-refractivity contribution in [2.45, 2.75) is 58.5 Å². The fraction of sp³-hybridized carbons (Fsp3) is 0.917. The lowest BCUT2D eigenvalue weighted by molar-refractivity contribution is -0.139. The van der Waals surface area contributed by atoms with E-state index in [0.717, 1.165) is 25.8 Å². The number of carbonyl (C=O) groups excluding carboxylic acids is 1. The lowest BCUT2D eigenvalue weighted by Crippen LogP contribution is -2.56. The zero-order chi connectivity index (χ0) is 11.6. The van der Waals surface area contributed by atoms with Crippen molar-refractivity contribution in [3.05, 3.63) is 0 Å². The van der Waals surface area contributed by atoms with Gasteiger partial charge in [-0.25, -0.2) is 0 Å². The van der Waals surface area contributed by atoms with Crippen molar-refractivity contribution in [3.63, 3.8) is 0 Å². The molecule has 0 aliphatic heterocycles. The summed E-state index contributed by atoms with van der Waals surface area (Å²) in [5.41, 5.74) is 5.50. The molecule has 2 N–H and O–H groups in total. The minimum atomic E-state index is -0.639. The number of likely N-dealkylation sites (N-methyl/N-ethyl adjacent to an activating group) is 1. The smallest absolute Gasteiger partial charge is 0.242 e. The van der Waals surface area contributed by atoms with Gasteiger partial charge in [0.15, 0.2) is 0 Å². The van der Waals surface area contributed by atoms with Gasteiger partial charge in [0, 0.05) is 12.6 Å². The average Bonchev–Trinajstić information content (AvgIpc) is 3.01. The molecule has 1 saturated carbocycles. The number of nitrogens with zero attached hydrogens (tertiary/aromatic N) is 1. The van der Waals surface area contributed by atoms with Crippen molar-refractivity contribution in [1.29, 1.82) is 0 Å². The molecule has 0 aromatic heterocycles. The molecule has 2 unspecified atom stereocenters. The molecule has 2 atom stereocenters. The second kappa shape index (κ2) is 4.52. The number of hydrogen-bond acceptors (Lipinski definition) is 2. The summed E-state index contributed by atoms with van der Waals surface area (Å²) in [5, 5.41) is 0. The topological polar surface area (TPSA) is 46.3 Å². The molecule has 15 heavy (non-hydrogen) atoms. The predicted molar refractivity (Wildman–Crippen MR) is 62.5 cm³/mol. The van der Waals surface area contributed by atoms with Gasteiger partial charge in [0.1, 0.15) is 0 Å². The van der Waals surface area contributed by atoms with Gasteiger partial charge in [-0.2, -0.15) is 0 Å². The van der Waals surface area contributed by atoms with Crippen LogP contribution in [-0.2, 0) is 4.79 Å². The highest BCUT2D eigenvalue weighted by Crippen LogP contribution is 2.39. The average molecular weight is 212 g/mol. The highest BCUT2D eigenvalue weighted by atomic mass is 16.2. The number of amides is 1. The van der Waals surface area contributed by atoms with Crippen molar-refractivity contribution in [2.75, 3.05) is 6.54 Å². The van der Waals surface area contributed by atoms with Gasteiger partial charge in [0.05, 0.1) is 5.54 Å². The predicted octanol–water partition coefficient (Wildman–Crippen LogP) is 1.76. The van der Waals surface area contributed by atoms with Crippen LogP contribution in [0.2, 0.25) is 0 Å². The van der Waals surface area contributed by atoms with E-state index < -0.39 is 5.54 Å². The monoisotopic (exact) mass is 212 g/mol. The van der Waals surface area contributed by atoms with Crippen LogP contribution in [0.25, 0.3) is 0 Å². The quantitative estimate of drug-likeness (QED) is 0.755. The zero-order valence-electron chi connectivity index (χ0n) is 10.4. The lowest BCUT2D eigenvalue weighted by Gasteiger charge is -2.35. The molecule has 1 aliphatic carbocycles. The SMILES string of the molecule is CCC(C)N(CC)C(=O)C(C)(N)C1CC1.